The van der Waals surface area contributed by atoms with E-state index in [1.54, 1.807) is 12.2 Å². The van der Waals surface area contributed by atoms with Gasteiger partial charge in [-0.3, -0.25) is 9.59 Å². The zero-order valence-electron chi connectivity index (χ0n) is 13.3. The fourth-order valence-corrected chi connectivity index (χ4v) is 3.83. The summed E-state index contributed by atoms with van der Waals surface area (Å²) in [4.78, 5) is 36.6. The lowest BCUT2D eigenvalue weighted by molar-refractivity contribution is -0.256. The van der Waals surface area contributed by atoms with Gasteiger partial charge in [-0.05, 0) is 6.08 Å². The van der Waals surface area contributed by atoms with E-state index in [1.165, 1.54) is 28.3 Å². The van der Waals surface area contributed by atoms with Crippen molar-refractivity contribution in [1.82, 2.24) is 0 Å². The monoisotopic (exact) mass is 322 g/mol. The largest absolute Gasteiger partial charge is 0.486 e. The number of Topliss-reactive ketones (excluding diaryl/α,β-unsaturated/α-hetero) is 2. The number of hydrogen-bond donors (Lipinski definition) is 0. The molecular weight excluding hydrogens is 304 g/mol. The van der Waals surface area contributed by atoms with Gasteiger partial charge in [0.1, 0.15) is 6.10 Å². The molecule has 0 radical (unpaired) electrons. The fraction of sp³-hybridized carbons (Fsp3) is 0.562. The third-order valence-corrected chi connectivity index (χ3v) is 4.85. The Balaban J connectivity index is 2.13. The highest BCUT2D eigenvalue weighted by Crippen LogP contribution is 2.54. The van der Waals surface area contributed by atoms with Gasteiger partial charge in [0.25, 0.3) is 0 Å². The van der Waals surface area contributed by atoms with Crippen LogP contribution in [0.4, 0.5) is 0 Å². The number of carbonyl (C=O) groups is 3. The van der Waals surface area contributed by atoms with E-state index in [0.29, 0.717) is 0 Å². The smallest absolute Gasteiger partial charge is 0.334 e. The van der Waals surface area contributed by atoms with Gasteiger partial charge in [-0.15, -0.1) is 0 Å². The summed E-state index contributed by atoms with van der Waals surface area (Å²) in [5, 5.41) is 0. The molecule has 3 aliphatic carbocycles. The van der Waals surface area contributed by atoms with E-state index in [0.717, 1.165) is 0 Å². The van der Waals surface area contributed by atoms with Crippen molar-refractivity contribution in [1.29, 1.82) is 0 Å². The van der Waals surface area contributed by atoms with Crippen molar-refractivity contribution < 1.29 is 33.3 Å². The first-order chi connectivity index (χ1) is 10.9. The van der Waals surface area contributed by atoms with E-state index in [9.17, 15) is 14.4 Å². The second-order valence-corrected chi connectivity index (χ2v) is 5.80. The van der Waals surface area contributed by atoms with E-state index in [1.807, 2.05) is 0 Å². The van der Waals surface area contributed by atoms with Gasteiger partial charge in [0.2, 0.25) is 5.79 Å². The van der Waals surface area contributed by atoms with Crippen LogP contribution in [0.15, 0.2) is 23.5 Å². The highest BCUT2D eigenvalue weighted by molar-refractivity contribution is 6.01. The molecule has 0 aromatic heterocycles. The fourth-order valence-electron chi connectivity index (χ4n) is 3.83. The number of esters is 1. The van der Waals surface area contributed by atoms with E-state index >= 15 is 0 Å². The molecule has 1 heterocycles. The number of rotatable bonds is 4. The van der Waals surface area contributed by atoms with Crippen molar-refractivity contribution in [2.45, 2.75) is 18.8 Å². The summed E-state index contributed by atoms with van der Waals surface area (Å²) < 4.78 is 21.3. The highest BCUT2D eigenvalue weighted by Gasteiger charge is 2.67. The Hall–Kier alpha value is -1.99. The van der Waals surface area contributed by atoms with Gasteiger partial charge in [0.15, 0.2) is 17.3 Å². The summed E-state index contributed by atoms with van der Waals surface area (Å²) in [6.07, 6.45) is 2.65. The molecule has 1 saturated carbocycles. The van der Waals surface area contributed by atoms with Crippen LogP contribution in [-0.4, -0.2) is 50.8 Å². The van der Waals surface area contributed by atoms with Crippen LogP contribution >= 0.6 is 0 Å². The first kappa shape index (κ1) is 15.9. The van der Waals surface area contributed by atoms with E-state index in [-0.39, 0.29) is 28.8 Å². The minimum absolute atomic E-state index is 0.199. The molecule has 124 valence electrons. The summed E-state index contributed by atoms with van der Waals surface area (Å²) in [5.74, 6) is -4.30. The number of carbonyl (C=O) groups excluding carboxylic acids is 3. The molecule has 1 fully saturated rings. The zero-order chi connectivity index (χ0) is 16.9. The minimum atomic E-state index is -1.62. The lowest BCUT2D eigenvalue weighted by Gasteiger charge is -2.51. The van der Waals surface area contributed by atoms with Gasteiger partial charge in [-0.2, -0.15) is 0 Å². The molecular formula is C16H18O7. The Bertz CT molecular complexity index is 641. The number of ketones is 2. The summed E-state index contributed by atoms with van der Waals surface area (Å²) in [5.41, 5.74) is 0.278. The third-order valence-electron chi connectivity index (χ3n) is 4.85. The maximum Gasteiger partial charge on any atom is 0.334 e. The van der Waals surface area contributed by atoms with E-state index < -0.39 is 29.7 Å². The molecule has 7 heteroatoms. The summed E-state index contributed by atoms with van der Waals surface area (Å²) in [6.45, 7) is 1.39. The van der Waals surface area contributed by atoms with Crippen LogP contribution in [0.5, 0.6) is 0 Å². The van der Waals surface area contributed by atoms with Crippen molar-refractivity contribution in [2.75, 3.05) is 21.3 Å². The van der Waals surface area contributed by atoms with Crippen LogP contribution in [0.25, 0.3) is 0 Å². The third kappa shape index (κ3) is 1.93. The lowest BCUT2D eigenvalue weighted by Crippen LogP contribution is -2.66. The summed E-state index contributed by atoms with van der Waals surface area (Å²) in [7, 11) is 3.96. The van der Waals surface area contributed by atoms with Crippen molar-refractivity contribution in [2.24, 2.45) is 17.8 Å². The molecule has 7 nitrogen and oxygen atoms in total. The molecule has 4 aliphatic rings. The van der Waals surface area contributed by atoms with Crippen LogP contribution in [-0.2, 0) is 33.3 Å². The lowest BCUT2D eigenvalue weighted by atomic mass is 9.60. The van der Waals surface area contributed by atoms with Crippen LogP contribution < -0.4 is 0 Å². The van der Waals surface area contributed by atoms with Crippen LogP contribution in [0, 0.1) is 17.8 Å². The topological polar surface area (TPSA) is 88.1 Å². The number of ether oxygens (including phenoxy) is 4. The molecule has 0 unspecified atom stereocenters. The first-order valence-corrected chi connectivity index (χ1v) is 7.25. The number of fused-ring (bicyclic) bond motifs is 1. The molecule has 0 aromatic rings. The number of methoxy groups -OCH3 is 3. The van der Waals surface area contributed by atoms with Gasteiger partial charge in [0, 0.05) is 32.6 Å². The first-order valence-electron chi connectivity index (χ1n) is 7.25. The average Bonchev–Trinajstić information content (AvgIpc) is 3.01. The molecule has 0 N–H and O–H groups in total. The van der Waals surface area contributed by atoms with E-state index in [2.05, 4.69) is 0 Å². The zero-order valence-corrected chi connectivity index (χ0v) is 13.3. The Morgan fingerprint density at radius 1 is 1.17 bits per heavy atom. The Labute approximate surface area is 133 Å². The molecule has 23 heavy (non-hydrogen) atoms. The van der Waals surface area contributed by atoms with E-state index in [4.69, 9.17) is 18.9 Å². The Kier molecular flexibility index (Phi) is 3.65. The average molecular weight is 322 g/mol. The van der Waals surface area contributed by atoms with Crippen molar-refractivity contribution in [3.63, 3.8) is 0 Å². The normalized spacial score (nSPS) is 33.5. The predicted octanol–water partition coefficient (Wildman–Crippen LogP) is 0.391. The molecule has 0 saturated heterocycles. The van der Waals surface area contributed by atoms with Gasteiger partial charge >= 0.3 is 5.97 Å². The molecule has 0 aromatic carbocycles. The molecule has 0 amide bonds. The van der Waals surface area contributed by atoms with Crippen LogP contribution in [0.1, 0.15) is 6.92 Å². The molecule has 4 rings (SSSR count). The number of allylic oxidation sites excluding steroid dienone is 2. The molecule has 1 aliphatic heterocycles. The van der Waals surface area contributed by atoms with Crippen LogP contribution in [0.3, 0.4) is 0 Å². The van der Waals surface area contributed by atoms with Gasteiger partial charge in [0.05, 0.1) is 18.9 Å². The second-order valence-electron chi connectivity index (χ2n) is 5.80. The summed E-state index contributed by atoms with van der Waals surface area (Å²) >= 11 is 0. The number of hydrogen-bond acceptors (Lipinski definition) is 7. The quantitative estimate of drug-likeness (QED) is 0.546. The highest BCUT2D eigenvalue weighted by atomic mass is 16.7. The molecule has 0 spiro atoms. The van der Waals surface area contributed by atoms with Gasteiger partial charge < -0.3 is 18.9 Å². The maximum absolute atomic E-state index is 12.8. The Morgan fingerprint density at radius 3 is 2.35 bits per heavy atom. The van der Waals surface area contributed by atoms with Crippen LogP contribution in [0.2, 0.25) is 0 Å². The molecule has 2 bridgehead atoms. The second kappa shape index (κ2) is 5.28. The van der Waals surface area contributed by atoms with Crippen molar-refractivity contribution in [3.05, 3.63) is 23.5 Å². The van der Waals surface area contributed by atoms with Crippen molar-refractivity contribution in [3.8, 4) is 0 Å². The summed E-state index contributed by atoms with van der Waals surface area (Å²) in [6, 6.07) is 0. The predicted molar refractivity (Wildman–Crippen MR) is 76.0 cm³/mol. The van der Waals surface area contributed by atoms with Gasteiger partial charge in [-0.25, -0.2) is 4.79 Å². The standard InChI is InChI=1S/C16H18O7/c1-7(17)11-6-8-9-5-10(15(19)20-2)12(13(8)23-11)16(21-3,22-4)14(9)18/h5-6,8-9,12-13H,1-4H3/t8-,9+,12-,13-/m0/s1. The van der Waals surface area contributed by atoms with Crippen molar-refractivity contribution >= 4 is 17.5 Å². The SMILES string of the molecule is COC(=O)C1=C[C@H]2C(=O)C(OC)(OC)[C@@H]1[C@H]1OC(C(C)=O)=C[C@H]12. The van der Waals surface area contributed by atoms with Gasteiger partial charge in [-0.1, -0.05) is 6.08 Å². The minimum Gasteiger partial charge on any atom is -0.486 e. The maximum atomic E-state index is 12.8. The molecule has 4 atom stereocenters. The Morgan fingerprint density at radius 2 is 1.83 bits per heavy atom.